The van der Waals surface area contributed by atoms with Gasteiger partial charge in [0, 0.05) is 17.0 Å². The standard InChI is InChI=1S/C37H48NO6P/c1-3-4-5-6-7-8-9-10-11-12-13-16-26-42-36-34(39)22-23-35(37(36)41-2)44-45(40)43-33-21-17-18-30(27-33)28-38-25-24-31-19-14-15-20-32(31)29-38/h14-15,17-25,27,29,45H,3-13,16,26,28H2,1-2H3/p+1. The molecule has 0 radical (unpaired) electrons. The van der Waals surface area contributed by atoms with Crippen molar-refractivity contribution in [2.75, 3.05) is 13.7 Å². The Morgan fingerprint density at radius 2 is 1.42 bits per heavy atom. The molecule has 1 aromatic heterocycles. The zero-order chi connectivity index (χ0) is 31.7. The maximum Gasteiger partial charge on any atom is 0.419 e. The van der Waals surface area contributed by atoms with Crippen LogP contribution in [0.5, 0.6) is 28.7 Å². The SMILES string of the molecule is CCCCCCCCCCCCCCOc1c(O)ccc(O[PH](=O)Oc2cccc(C[n+]3ccc4ccccc4c3)c2)c1OC. The predicted octanol–water partition coefficient (Wildman–Crippen LogP) is 9.82. The van der Waals surface area contributed by atoms with Crippen molar-refractivity contribution in [3.63, 3.8) is 0 Å². The van der Waals surface area contributed by atoms with E-state index in [0.29, 0.717) is 18.9 Å². The highest BCUT2D eigenvalue weighted by Gasteiger charge is 2.19. The van der Waals surface area contributed by atoms with Crippen molar-refractivity contribution in [1.82, 2.24) is 0 Å². The van der Waals surface area contributed by atoms with Crippen LogP contribution in [-0.4, -0.2) is 18.8 Å². The molecule has 1 heterocycles. The molecule has 0 fully saturated rings. The second-order valence-corrected chi connectivity index (χ2v) is 12.4. The number of benzene rings is 3. The van der Waals surface area contributed by atoms with Crippen LogP contribution in [0.1, 0.15) is 89.5 Å². The molecule has 0 saturated heterocycles. The van der Waals surface area contributed by atoms with Crippen molar-refractivity contribution in [2.45, 2.75) is 90.5 Å². The van der Waals surface area contributed by atoms with Crippen LogP contribution < -0.4 is 23.1 Å². The molecule has 1 N–H and O–H groups in total. The van der Waals surface area contributed by atoms with E-state index in [1.807, 2.05) is 36.5 Å². The lowest BCUT2D eigenvalue weighted by Gasteiger charge is -2.16. The summed E-state index contributed by atoms with van der Waals surface area (Å²) in [5.74, 6) is 0.947. The molecule has 1 unspecified atom stereocenters. The summed E-state index contributed by atoms with van der Waals surface area (Å²) in [5, 5.41) is 12.8. The van der Waals surface area contributed by atoms with Crippen LogP contribution >= 0.6 is 8.25 Å². The first-order valence-corrected chi connectivity index (χ1v) is 17.7. The van der Waals surface area contributed by atoms with E-state index in [-0.39, 0.29) is 23.0 Å². The highest BCUT2D eigenvalue weighted by Crippen LogP contribution is 2.46. The lowest BCUT2D eigenvalue weighted by molar-refractivity contribution is -0.687. The van der Waals surface area contributed by atoms with E-state index in [2.05, 4.69) is 35.9 Å². The zero-order valence-corrected chi connectivity index (χ0v) is 27.8. The second-order valence-electron chi connectivity index (χ2n) is 11.5. The third-order valence-electron chi connectivity index (χ3n) is 7.91. The molecule has 0 bridgehead atoms. The Balaban J connectivity index is 1.22. The van der Waals surface area contributed by atoms with E-state index >= 15 is 0 Å². The quantitative estimate of drug-likeness (QED) is 0.0559. The number of nitrogens with zero attached hydrogens (tertiary/aromatic N) is 1. The summed E-state index contributed by atoms with van der Waals surface area (Å²) in [7, 11) is -1.53. The average molecular weight is 635 g/mol. The van der Waals surface area contributed by atoms with Gasteiger partial charge < -0.3 is 23.6 Å². The number of aromatic hydroxyl groups is 1. The predicted molar refractivity (Wildman–Crippen MR) is 181 cm³/mol. The molecule has 3 aromatic carbocycles. The average Bonchev–Trinajstić information content (AvgIpc) is 3.04. The third-order valence-corrected chi connectivity index (χ3v) is 8.70. The van der Waals surface area contributed by atoms with Gasteiger partial charge in [0.25, 0.3) is 0 Å². The maximum atomic E-state index is 12.9. The molecule has 0 aliphatic heterocycles. The smallest absolute Gasteiger partial charge is 0.419 e. The Morgan fingerprint density at radius 3 is 2.13 bits per heavy atom. The fraction of sp³-hybridized carbons (Fsp3) is 0.432. The molecular formula is C37H49NO6P+. The molecule has 0 saturated carbocycles. The van der Waals surface area contributed by atoms with E-state index in [4.69, 9.17) is 18.5 Å². The number of phenols is 1. The van der Waals surface area contributed by atoms with E-state index in [1.165, 1.54) is 88.8 Å². The fourth-order valence-electron chi connectivity index (χ4n) is 5.47. The lowest BCUT2D eigenvalue weighted by Crippen LogP contribution is -2.33. The van der Waals surface area contributed by atoms with Crippen LogP contribution in [0, 0.1) is 0 Å². The number of hydrogen-bond acceptors (Lipinski definition) is 6. The molecule has 0 spiro atoms. The van der Waals surface area contributed by atoms with Gasteiger partial charge in [-0.05, 0) is 42.1 Å². The molecule has 4 aromatic rings. The van der Waals surface area contributed by atoms with Crippen molar-refractivity contribution in [2.24, 2.45) is 0 Å². The summed E-state index contributed by atoms with van der Waals surface area (Å²) < 4.78 is 37.8. The van der Waals surface area contributed by atoms with Crippen molar-refractivity contribution in [3.05, 3.63) is 84.7 Å². The van der Waals surface area contributed by atoms with Gasteiger partial charge in [0.1, 0.15) is 5.75 Å². The van der Waals surface area contributed by atoms with Gasteiger partial charge in [-0.3, -0.25) is 0 Å². The number of rotatable bonds is 21. The van der Waals surface area contributed by atoms with Crippen LogP contribution in [0.3, 0.4) is 0 Å². The number of ether oxygens (including phenoxy) is 2. The van der Waals surface area contributed by atoms with E-state index in [1.54, 1.807) is 6.07 Å². The Labute approximate surface area is 269 Å². The molecule has 0 amide bonds. The summed E-state index contributed by atoms with van der Waals surface area (Å²) in [6.07, 6.45) is 19.2. The van der Waals surface area contributed by atoms with Crippen molar-refractivity contribution < 1.29 is 32.8 Å². The van der Waals surface area contributed by atoms with Gasteiger partial charge in [-0.25, -0.2) is 9.13 Å². The van der Waals surface area contributed by atoms with Gasteiger partial charge in [-0.15, -0.1) is 0 Å². The number of aromatic nitrogens is 1. The van der Waals surface area contributed by atoms with Gasteiger partial charge in [-0.2, -0.15) is 0 Å². The van der Waals surface area contributed by atoms with E-state index in [0.717, 1.165) is 23.8 Å². The van der Waals surface area contributed by atoms with Crippen LogP contribution in [0.25, 0.3) is 10.8 Å². The summed E-state index contributed by atoms with van der Waals surface area (Å²) in [5.41, 5.74) is 0.998. The molecule has 8 heteroatoms. The van der Waals surface area contributed by atoms with Gasteiger partial charge in [-0.1, -0.05) is 108 Å². The maximum absolute atomic E-state index is 12.9. The summed E-state index contributed by atoms with van der Waals surface area (Å²) in [4.78, 5) is 0. The fourth-order valence-corrected chi connectivity index (χ4v) is 6.17. The number of hydrogen-bond donors (Lipinski definition) is 1. The lowest BCUT2D eigenvalue weighted by atomic mass is 10.1. The Bertz CT molecular complexity index is 1490. The normalized spacial score (nSPS) is 11.8. The Kier molecular flexibility index (Phi) is 14.4. The minimum absolute atomic E-state index is 0.0578. The number of pyridine rings is 1. The van der Waals surface area contributed by atoms with Crippen LogP contribution in [-0.2, 0) is 11.1 Å². The summed E-state index contributed by atoms with van der Waals surface area (Å²) in [6.45, 7) is 3.33. The van der Waals surface area contributed by atoms with Gasteiger partial charge in [0.15, 0.2) is 30.4 Å². The highest BCUT2D eigenvalue weighted by molar-refractivity contribution is 7.34. The van der Waals surface area contributed by atoms with Crippen LogP contribution in [0.4, 0.5) is 0 Å². The number of unbranched alkanes of at least 4 members (excludes halogenated alkanes) is 11. The molecule has 45 heavy (non-hydrogen) atoms. The number of phenolic OH excluding ortho intramolecular Hbond substituents is 1. The van der Waals surface area contributed by atoms with E-state index < -0.39 is 8.25 Å². The van der Waals surface area contributed by atoms with Crippen molar-refractivity contribution in [1.29, 1.82) is 0 Å². The first kappa shape index (κ1) is 34.2. The molecule has 242 valence electrons. The first-order chi connectivity index (χ1) is 22.1. The highest BCUT2D eigenvalue weighted by atomic mass is 31.1. The van der Waals surface area contributed by atoms with Gasteiger partial charge in [0.2, 0.25) is 11.5 Å². The molecule has 0 aliphatic rings. The van der Waals surface area contributed by atoms with Crippen LogP contribution in [0.15, 0.2) is 79.1 Å². The molecule has 4 rings (SSSR count). The minimum Gasteiger partial charge on any atom is -0.504 e. The second kappa shape index (κ2) is 19.0. The third kappa shape index (κ3) is 11.3. The molecule has 0 aliphatic carbocycles. The summed E-state index contributed by atoms with van der Waals surface area (Å²) >= 11 is 0. The first-order valence-electron chi connectivity index (χ1n) is 16.5. The molecule has 7 nitrogen and oxygen atoms in total. The minimum atomic E-state index is -2.99. The molecule has 1 atom stereocenters. The number of methoxy groups -OCH3 is 1. The van der Waals surface area contributed by atoms with Crippen LogP contribution in [0.2, 0.25) is 0 Å². The summed E-state index contributed by atoms with van der Waals surface area (Å²) in [6, 6.07) is 20.7. The topological polar surface area (TPSA) is 78.1 Å². The van der Waals surface area contributed by atoms with Gasteiger partial charge >= 0.3 is 8.25 Å². The Morgan fingerprint density at radius 1 is 0.733 bits per heavy atom. The van der Waals surface area contributed by atoms with E-state index in [9.17, 15) is 9.67 Å². The largest absolute Gasteiger partial charge is 0.504 e. The Hall–Kier alpha value is -3.70. The molecular weight excluding hydrogens is 585 g/mol. The zero-order valence-electron chi connectivity index (χ0n) is 26.8. The van der Waals surface area contributed by atoms with Crippen molar-refractivity contribution >= 4 is 19.0 Å². The van der Waals surface area contributed by atoms with Crippen molar-refractivity contribution in [3.8, 4) is 28.7 Å². The number of fused-ring (bicyclic) bond motifs is 1. The van der Waals surface area contributed by atoms with Gasteiger partial charge in [0.05, 0.1) is 13.7 Å². The monoisotopic (exact) mass is 634 g/mol.